The van der Waals surface area contributed by atoms with Crippen molar-refractivity contribution in [1.29, 1.82) is 0 Å². The molecule has 8 rings (SSSR count). The minimum Gasteiger partial charge on any atom is -0.0616 e. The van der Waals surface area contributed by atoms with Crippen molar-refractivity contribution < 1.29 is 0 Å². The molecule has 0 aromatic heterocycles. The van der Waals surface area contributed by atoms with Gasteiger partial charge in [0.25, 0.3) is 0 Å². The van der Waals surface area contributed by atoms with E-state index in [1.807, 2.05) is 0 Å². The molecule has 7 aromatic carbocycles. The Morgan fingerprint density at radius 2 is 0.842 bits per heavy atom. The van der Waals surface area contributed by atoms with E-state index in [1.54, 1.807) is 0 Å². The zero-order valence-electron chi connectivity index (χ0n) is 20.9. The summed E-state index contributed by atoms with van der Waals surface area (Å²) >= 11 is 0. The molecule has 1 aliphatic carbocycles. The van der Waals surface area contributed by atoms with Crippen molar-refractivity contribution >= 4 is 21.5 Å². The maximum absolute atomic E-state index is 2.38. The zero-order valence-corrected chi connectivity index (χ0v) is 20.9. The van der Waals surface area contributed by atoms with Gasteiger partial charge < -0.3 is 0 Å². The normalized spacial score (nSPS) is 11.7. The lowest BCUT2D eigenvalue weighted by Crippen LogP contribution is -1.85. The summed E-state index contributed by atoms with van der Waals surface area (Å²) in [6, 6.07) is 53.2. The second-order valence-corrected chi connectivity index (χ2v) is 10.2. The van der Waals surface area contributed by atoms with Gasteiger partial charge in [0.05, 0.1) is 0 Å². The Bertz CT molecular complexity index is 2000. The monoisotopic (exact) mass is 480 g/mol. The molecule has 7 aromatic rings. The van der Waals surface area contributed by atoms with Gasteiger partial charge >= 0.3 is 0 Å². The van der Waals surface area contributed by atoms with Gasteiger partial charge in [-0.25, -0.2) is 0 Å². The molecule has 0 heteroatoms. The van der Waals surface area contributed by atoms with Gasteiger partial charge in [-0.05, 0) is 95.4 Å². The van der Waals surface area contributed by atoms with Gasteiger partial charge in [0.1, 0.15) is 0 Å². The molecule has 0 nitrogen and oxygen atoms in total. The van der Waals surface area contributed by atoms with Crippen LogP contribution in [0.15, 0.2) is 146 Å². The Labute approximate surface area is 222 Å². The van der Waals surface area contributed by atoms with Crippen LogP contribution in [0.5, 0.6) is 0 Å². The maximum atomic E-state index is 2.38. The molecule has 0 saturated carbocycles. The largest absolute Gasteiger partial charge is 0.0616 e. The molecule has 0 heterocycles. The topological polar surface area (TPSA) is 0 Å². The van der Waals surface area contributed by atoms with Crippen LogP contribution in [-0.2, 0) is 0 Å². The van der Waals surface area contributed by atoms with E-state index in [0.717, 1.165) is 0 Å². The van der Waals surface area contributed by atoms with Crippen LogP contribution in [0.3, 0.4) is 0 Å². The molecule has 0 spiro atoms. The molecule has 0 bridgehead atoms. The van der Waals surface area contributed by atoms with Crippen molar-refractivity contribution in [3.05, 3.63) is 146 Å². The first kappa shape index (κ1) is 21.2. The average molecular weight is 481 g/mol. The summed E-state index contributed by atoms with van der Waals surface area (Å²) in [5.74, 6) is 0. The van der Waals surface area contributed by atoms with Crippen LogP contribution in [0.4, 0.5) is 0 Å². The van der Waals surface area contributed by atoms with Gasteiger partial charge in [0.2, 0.25) is 0 Å². The second kappa shape index (κ2) is 8.30. The van der Waals surface area contributed by atoms with E-state index in [-0.39, 0.29) is 0 Å². The van der Waals surface area contributed by atoms with Gasteiger partial charge in [-0.2, -0.15) is 0 Å². The highest BCUT2D eigenvalue weighted by Gasteiger charge is 2.21. The molecule has 1 aliphatic rings. The zero-order chi connectivity index (χ0) is 25.1. The van der Waals surface area contributed by atoms with Crippen LogP contribution in [0.2, 0.25) is 0 Å². The Morgan fingerprint density at radius 3 is 1.68 bits per heavy atom. The highest BCUT2D eigenvalue weighted by molar-refractivity contribution is 6.16. The van der Waals surface area contributed by atoms with Gasteiger partial charge in [-0.3, -0.25) is 0 Å². The van der Waals surface area contributed by atoms with Gasteiger partial charge in [-0.15, -0.1) is 0 Å². The summed E-state index contributed by atoms with van der Waals surface area (Å²) in [5, 5.41) is 5.24. The van der Waals surface area contributed by atoms with E-state index in [2.05, 4.69) is 146 Å². The van der Waals surface area contributed by atoms with Crippen molar-refractivity contribution in [2.45, 2.75) is 0 Å². The fourth-order valence-corrected chi connectivity index (χ4v) is 6.18. The molecule has 0 aliphatic heterocycles. The van der Waals surface area contributed by atoms with E-state index in [0.29, 0.717) is 0 Å². The van der Waals surface area contributed by atoms with Crippen LogP contribution in [0.1, 0.15) is 0 Å². The number of rotatable bonds is 3. The summed E-state index contributed by atoms with van der Waals surface area (Å²) in [6.45, 7) is 0. The molecular formula is C38H24. The maximum Gasteiger partial charge on any atom is -0.00259 e. The summed E-state index contributed by atoms with van der Waals surface area (Å²) in [5.41, 5.74) is 12.8. The molecule has 0 unspecified atom stereocenters. The SMILES string of the molecule is c1cc(-c2ccc(-c3cccc4ccccc34)cc2)cc(-c2cc3c4c(cccc4c2)-c2ccccc2-3)c1. The lowest BCUT2D eigenvalue weighted by molar-refractivity contribution is 1.59. The number of hydrogen-bond donors (Lipinski definition) is 0. The van der Waals surface area contributed by atoms with Gasteiger partial charge in [0, 0.05) is 0 Å². The molecule has 0 N–H and O–H groups in total. The van der Waals surface area contributed by atoms with Crippen LogP contribution in [0, 0.1) is 0 Å². The summed E-state index contributed by atoms with van der Waals surface area (Å²) in [4.78, 5) is 0. The molecule has 0 fully saturated rings. The summed E-state index contributed by atoms with van der Waals surface area (Å²) < 4.78 is 0. The quantitative estimate of drug-likeness (QED) is 0.236. The highest BCUT2D eigenvalue weighted by Crippen LogP contribution is 2.48. The Balaban J connectivity index is 1.20. The smallest absolute Gasteiger partial charge is 0.00259 e. The van der Waals surface area contributed by atoms with Crippen LogP contribution < -0.4 is 0 Å². The minimum atomic E-state index is 1.23. The third-order valence-electron chi connectivity index (χ3n) is 8.00. The standard InChI is InChI=1S/C38H24/c1-2-13-32-26(8-1)9-6-16-33(32)27-20-18-25(19-21-27)28-10-5-11-29(22-28)31-23-30-12-7-17-36-34-14-3-4-15-35(34)37(24-31)38(30)36/h1-24H. The highest BCUT2D eigenvalue weighted by atomic mass is 14.2. The fourth-order valence-electron chi connectivity index (χ4n) is 6.18. The van der Waals surface area contributed by atoms with E-state index < -0.39 is 0 Å². The molecule has 0 amide bonds. The predicted molar refractivity (Wildman–Crippen MR) is 162 cm³/mol. The summed E-state index contributed by atoms with van der Waals surface area (Å²) in [6.07, 6.45) is 0. The van der Waals surface area contributed by atoms with Crippen LogP contribution in [-0.4, -0.2) is 0 Å². The average Bonchev–Trinajstić information content (AvgIpc) is 3.32. The molecule has 176 valence electrons. The molecule has 0 atom stereocenters. The van der Waals surface area contributed by atoms with Crippen molar-refractivity contribution in [2.75, 3.05) is 0 Å². The fraction of sp³-hybridized carbons (Fsp3) is 0. The van der Waals surface area contributed by atoms with Gasteiger partial charge in [0.15, 0.2) is 0 Å². The molecule has 0 radical (unpaired) electrons. The van der Waals surface area contributed by atoms with Crippen LogP contribution in [0.25, 0.3) is 77.2 Å². The minimum absolute atomic E-state index is 1.23. The van der Waals surface area contributed by atoms with E-state index >= 15 is 0 Å². The first-order chi connectivity index (χ1) is 18.8. The van der Waals surface area contributed by atoms with E-state index in [9.17, 15) is 0 Å². The second-order valence-electron chi connectivity index (χ2n) is 10.2. The third-order valence-corrected chi connectivity index (χ3v) is 8.00. The van der Waals surface area contributed by atoms with Crippen molar-refractivity contribution in [1.82, 2.24) is 0 Å². The molecular weight excluding hydrogens is 456 g/mol. The van der Waals surface area contributed by atoms with Crippen molar-refractivity contribution in [3.8, 4) is 55.6 Å². The lowest BCUT2D eigenvalue weighted by Gasteiger charge is -2.11. The summed E-state index contributed by atoms with van der Waals surface area (Å²) in [7, 11) is 0. The number of hydrogen-bond acceptors (Lipinski definition) is 0. The first-order valence-electron chi connectivity index (χ1n) is 13.2. The van der Waals surface area contributed by atoms with Crippen molar-refractivity contribution in [2.24, 2.45) is 0 Å². The Hall–Kier alpha value is -4.94. The Morgan fingerprint density at radius 1 is 0.263 bits per heavy atom. The van der Waals surface area contributed by atoms with Gasteiger partial charge in [-0.1, -0.05) is 127 Å². The third kappa shape index (κ3) is 3.24. The van der Waals surface area contributed by atoms with Crippen molar-refractivity contribution in [3.63, 3.8) is 0 Å². The molecule has 38 heavy (non-hydrogen) atoms. The first-order valence-corrected chi connectivity index (χ1v) is 13.2. The molecule has 0 saturated heterocycles. The number of fused-ring (bicyclic) bond motifs is 4. The van der Waals surface area contributed by atoms with E-state index in [4.69, 9.17) is 0 Å². The predicted octanol–water partition coefficient (Wildman–Crippen LogP) is 10.6. The Kier molecular flexibility index (Phi) is 4.62. The van der Waals surface area contributed by atoms with E-state index in [1.165, 1.54) is 77.2 Å². The van der Waals surface area contributed by atoms with Crippen LogP contribution >= 0.6 is 0 Å². The lowest BCUT2D eigenvalue weighted by atomic mass is 9.93. The number of benzene rings is 7.